The number of nitrogens with zero attached hydrogens (tertiary/aromatic N) is 2. The average molecular weight is 231 g/mol. The minimum Gasteiger partial charge on any atom is -0.376 e. The molecule has 3 nitrogen and oxygen atoms in total. The predicted octanol–water partition coefficient (Wildman–Crippen LogP) is 1.91. The molecule has 0 aromatic carbocycles. The lowest BCUT2D eigenvalue weighted by molar-refractivity contribution is 0.173. The highest BCUT2D eigenvalue weighted by Crippen LogP contribution is 2.27. The summed E-state index contributed by atoms with van der Waals surface area (Å²) in [5.41, 5.74) is 0.782. The molecular weight excluding hydrogens is 219 g/mol. The molecule has 0 unspecified atom stereocenters. The Morgan fingerprint density at radius 2 is 2.40 bits per heavy atom. The Morgan fingerprint density at radius 3 is 3.00 bits per heavy atom. The van der Waals surface area contributed by atoms with Crippen LogP contribution >= 0.6 is 11.6 Å². The number of pyridine rings is 1. The van der Waals surface area contributed by atoms with Crippen molar-refractivity contribution >= 4 is 17.3 Å². The smallest absolute Gasteiger partial charge is 0.146 e. The number of hydrogen-bond donors (Lipinski definition) is 0. The van der Waals surface area contributed by atoms with Gasteiger partial charge in [-0.1, -0.05) is 11.6 Å². The number of likely N-dealkylation sites (N-methyl/N-ethyl adjacent to an activating group) is 1. The van der Waals surface area contributed by atoms with Crippen LogP contribution in [-0.4, -0.2) is 37.5 Å². The van der Waals surface area contributed by atoms with Crippen LogP contribution in [0.1, 0.15) is 0 Å². The summed E-state index contributed by atoms with van der Waals surface area (Å²) in [7, 11) is 1.81. The highest BCUT2D eigenvalue weighted by Gasteiger charge is 2.32. The molecule has 1 aromatic heterocycles. The van der Waals surface area contributed by atoms with Crippen LogP contribution in [0.3, 0.4) is 0 Å². The molecule has 2 rings (SSSR count). The number of anilines is 1. The lowest BCUT2D eigenvalue weighted by Crippen LogP contribution is -2.38. The van der Waals surface area contributed by atoms with Crippen LogP contribution in [0.5, 0.6) is 0 Å². The first-order valence-electron chi connectivity index (χ1n) is 4.74. The molecule has 1 aliphatic heterocycles. The topological polar surface area (TPSA) is 25.4 Å². The van der Waals surface area contributed by atoms with Gasteiger partial charge in [-0.15, -0.1) is 0 Å². The summed E-state index contributed by atoms with van der Waals surface area (Å²) >= 11 is 5.98. The molecule has 0 amide bonds. The Morgan fingerprint density at radius 1 is 1.60 bits per heavy atom. The zero-order valence-electron chi connectivity index (χ0n) is 8.36. The maximum Gasteiger partial charge on any atom is 0.146 e. The summed E-state index contributed by atoms with van der Waals surface area (Å²) in [5.74, 6) is 0. The van der Waals surface area contributed by atoms with Gasteiger partial charge in [-0.2, -0.15) is 0 Å². The molecule has 1 fully saturated rings. The first-order valence-corrected chi connectivity index (χ1v) is 5.12. The Balaban J connectivity index is 2.20. The second-order valence-electron chi connectivity index (χ2n) is 3.56. The lowest BCUT2D eigenvalue weighted by Gasteiger charge is -2.27. The van der Waals surface area contributed by atoms with Gasteiger partial charge in [0.2, 0.25) is 0 Å². The predicted molar refractivity (Wildman–Crippen MR) is 57.2 cm³/mol. The SMILES string of the molecule is CN(c1ccncc1Cl)[C@@H]1COC[C@H]1F. The number of aromatic nitrogens is 1. The van der Waals surface area contributed by atoms with Crippen molar-refractivity contribution in [3.05, 3.63) is 23.5 Å². The van der Waals surface area contributed by atoms with Crippen molar-refractivity contribution in [2.45, 2.75) is 12.2 Å². The average Bonchev–Trinajstić information content (AvgIpc) is 2.64. The molecule has 0 spiro atoms. The Labute approximate surface area is 92.8 Å². The van der Waals surface area contributed by atoms with Gasteiger partial charge in [0.05, 0.1) is 30.0 Å². The maximum absolute atomic E-state index is 13.4. The lowest BCUT2D eigenvalue weighted by atomic mass is 10.2. The maximum atomic E-state index is 13.4. The molecule has 5 heteroatoms. The van der Waals surface area contributed by atoms with Gasteiger partial charge < -0.3 is 9.64 Å². The molecule has 1 aliphatic rings. The summed E-state index contributed by atoms with van der Waals surface area (Å²) in [5, 5.41) is 0.527. The van der Waals surface area contributed by atoms with Gasteiger partial charge >= 0.3 is 0 Å². The summed E-state index contributed by atoms with van der Waals surface area (Å²) < 4.78 is 18.5. The van der Waals surface area contributed by atoms with E-state index in [-0.39, 0.29) is 12.6 Å². The fraction of sp³-hybridized carbons (Fsp3) is 0.500. The molecule has 0 aliphatic carbocycles. The fourth-order valence-electron chi connectivity index (χ4n) is 1.70. The minimum atomic E-state index is -0.959. The van der Waals surface area contributed by atoms with Gasteiger partial charge in [-0.25, -0.2) is 4.39 Å². The summed E-state index contributed by atoms with van der Waals surface area (Å²) in [6.45, 7) is 0.564. The van der Waals surface area contributed by atoms with Crippen LogP contribution in [0, 0.1) is 0 Å². The van der Waals surface area contributed by atoms with E-state index in [0.29, 0.717) is 11.6 Å². The zero-order valence-corrected chi connectivity index (χ0v) is 9.12. The van der Waals surface area contributed by atoms with Gasteiger partial charge in [-0.05, 0) is 6.07 Å². The Hall–Kier alpha value is -0.870. The van der Waals surface area contributed by atoms with Crippen LogP contribution in [0.15, 0.2) is 18.5 Å². The zero-order chi connectivity index (χ0) is 10.8. The van der Waals surface area contributed by atoms with E-state index >= 15 is 0 Å². The molecule has 2 heterocycles. The summed E-state index contributed by atoms with van der Waals surface area (Å²) in [6.07, 6.45) is 2.23. The third-order valence-electron chi connectivity index (χ3n) is 2.61. The minimum absolute atomic E-state index is 0.164. The Kier molecular flexibility index (Phi) is 3.07. The fourth-order valence-corrected chi connectivity index (χ4v) is 1.96. The third-order valence-corrected chi connectivity index (χ3v) is 2.90. The number of alkyl halides is 1. The molecule has 0 radical (unpaired) electrons. The van der Waals surface area contributed by atoms with Crippen LogP contribution in [-0.2, 0) is 4.74 Å². The molecule has 0 saturated carbocycles. The molecule has 2 atom stereocenters. The van der Waals surface area contributed by atoms with Crippen LogP contribution < -0.4 is 4.90 Å². The van der Waals surface area contributed by atoms with Gasteiger partial charge in [-0.3, -0.25) is 4.98 Å². The number of rotatable bonds is 2. The van der Waals surface area contributed by atoms with Gasteiger partial charge in [0.15, 0.2) is 0 Å². The van der Waals surface area contributed by atoms with E-state index < -0.39 is 6.17 Å². The normalized spacial score (nSPS) is 25.5. The Bertz CT molecular complexity index is 350. The van der Waals surface area contributed by atoms with E-state index in [2.05, 4.69) is 4.98 Å². The molecule has 82 valence electrons. The standard InChI is InChI=1S/C10H12ClFN2O/c1-14(10-6-15-5-8(10)12)9-2-3-13-4-7(9)11/h2-4,8,10H,5-6H2,1H3/t8-,10-/m1/s1. The summed E-state index contributed by atoms with van der Waals surface area (Å²) in [4.78, 5) is 5.70. The van der Waals surface area contributed by atoms with E-state index in [1.807, 2.05) is 11.9 Å². The van der Waals surface area contributed by atoms with Crippen LogP contribution in [0.25, 0.3) is 0 Å². The van der Waals surface area contributed by atoms with Crippen molar-refractivity contribution in [2.75, 3.05) is 25.2 Å². The van der Waals surface area contributed by atoms with Crippen LogP contribution in [0.4, 0.5) is 10.1 Å². The van der Waals surface area contributed by atoms with Crippen molar-refractivity contribution < 1.29 is 9.13 Å². The van der Waals surface area contributed by atoms with E-state index in [9.17, 15) is 4.39 Å². The van der Waals surface area contributed by atoms with Gasteiger partial charge in [0.25, 0.3) is 0 Å². The third kappa shape index (κ3) is 2.06. The number of hydrogen-bond acceptors (Lipinski definition) is 3. The second-order valence-corrected chi connectivity index (χ2v) is 3.97. The van der Waals surface area contributed by atoms with Crippen LogP contribution in [0.2, 0.25) is 5.02 Å². The van der Waals surface area contributed by atoms with Crippen molar-refractivity contribution in [3.63, 3.8) is 0 Å². The molecule has 15 heavy (non-hydrogen) atoms. The van der Waals surface area contributed by atoms with E-state index in [1.54, 1.807) is 18.5 Å². The number of ether oxygens (including phenoxy) is 1. The summed E-state index contributed by atoms with van der Waals surface area (Å²) in [6, 6.07) is 1.51. The first-order chi connectivity index (χ1) is 7.20. The molecule has 1 aromatic rings. The van der Waals surface area contributed by atoms with Gasteiger partial charge in [0.1, 0.15) is 6.17 Å². The highest BCUT2D eigenvalue weighted by molar-refractivity contribution is 6.33. The molecule has 0 N–H and O–H groups in total. The van der Waals surface area contributed by atoms with E-state index in [1.165, 1.54) is 0 Å². The van der Waals surface area contributed by atoms with E-state index in [4.69, 9.17) is 16.3 Å². The van der Waals surface area contributed by atoms with Crippen molar-refractivity contribution in [2.24, 2.45) is 0 Å². The second kappa shape index (κ2) is 4.33. The molecule has 1 saturated heterocycles. The quantitative estimate of drug-likeness (QED) is 0.776. The van der Waals surface area contributed by atoms with Crippen molar-refractivity contribution in [1.82, 2.24) is 4.98 Å². The molecular formula is C10H12ClFN2O. The van der Waals surface area contributed by atoms with Crippen molar-refractivity contribution in [3.8, 4) is 0 Å². The monoisotopic (exact) mass is 230 g/mol. The van der Waals surface area contributed by atoms with Gasteiger partial charge in [0, 0.05) is 19.4 Å². The van der Waals surface area contributed by atoms with E-state index in [0.717, 1.165) is 5.69 Å². The highest BCUT2D eigenvalue weighted by atomic mass is 35.5. The number of halogens is 2. The molecule has 0 bridgehead atoms. The van der Waals surface area contributed by atoms with Crippen molar-refractivity contribution in [1.29, 1.82) is 0 Å². The largest absolute Gasteiger partial charge is 0.376 e. The first kappa shape index (κ1) is 10.6.